The first-order chi connectivity index (χ1) is 14.1. The third-order valence-corrected chi connectivity index (χ3v) is 5.77. The van der Waals surface area contributed by atoms with Crippen LogP contribution in [0.2, 0.25) is 0 Å². The van der Waals surface area contributed by atoms with Gasteiger partial charge in [0.2, 0.25) is 11.7 Å². The van der Waals surface area contributed by atoms with E-state index in [9.17, 15) is 4.79 Å². The average molecular weight is 413 g/mol. The minimum atomic E-state index is -0.507. The van der Waals surface area contributed by atoms with Crippen molar-refractivity contribution >= 4 is 17.2 Å². The molecular formula is C21H24N4O3S. The Morgan fingerprint density at radius 2 is 2.07 bits per heavy atom. The molecule has 8 heteroatoms. The summed E-state index contributed by atoms with van der Waals surface area (Å²) >= 11 is 1.59. The monoisotopic (exact) mass is 412 g/mol. The molecule has 0 radical (unpaired) electrons. The molecule has 2 aromatic heterocycles. The molecule has 0 aliphatic carbocycles. The summed E-state index contributed by atoms with van der Waals surface area (Å²) in [5.41, 5.74) is 1.11. The molecule has 1 aromatic carbocycles. The molecule has 0 spiro atoms. The van der Waals surface area contributed by atoms with E-state index in [1.54, 1.807) is 11.3 Å². The second kappa shape index (κ2) is 8.75. The van der Waals surface area contributed by atoms with Gasteiger partial charge in [0.05, 0.1) is 11.4 Å². The lowest BCUT2D eigenvalue weighted by molar-refractivity contribution is -0.139. The van der Waals surface area contributed by atoms with Gasteiger partial charge in [-0.15, -0.1) is 11.3 Å². The summed E-state index contributed by atoms with van der Waals surface area (Å²) in [6.07, 6.45) is -0.507. The number of aromatic nitrogens is 2. The van der Waals surface area contributed by atoms with E-state index >= 15 is 0 Å². The summed E-state index contributed by atoms with van der Waals surface area (Å²) < 4.78 is 11.2. The van der Waals surface area contributed by atoms with Gasteiger partial charge in [-0.25, -0.2) is 0 Å². The third-order valence-electron chi connectivity index (χ3n) is 4.90. The van der Waals surface area contributed by atoms with Crippen molar-refractivity contribution in [1.29, 1.82) is 0 Å². The van der Waals surface area contributed by atoms with Gasteiger partial charge in [0.25, 0.3) is 5.91 Å². The van der Waals surface area contributed by atoms with Crippen molar-refractivity contribution in [3.8, 4) is 16.5 Å². The second-order valence-corrected chi connectivity index (χ2v) is 8.11. The molecule has 0 saturated carbocycles. The molecule has 1 aliphatic rings. The summed E-state index contributed by atoms with van der Waals surface area (Å²) in [7, 11) is 0. The van der Waals surface area contributed by atoms with Crippen molar-refractivity contribution in [3.05, 3.63) is 53.2 Å². The van der Waals surface area contributed by atoms with Crippen molar-refractivity contribution < 1.29 is 14.1 Å². The maximum atomic E-state index is 12.7. The number of ether oxygens (including phenoxy) is 1. The molecular weight excluding hydrogens is 388 g/mol. The fourth-order valence-electron chi connectivity index (χ4n) is 3.34. The molecule has 1 fully saturated rings. The Balaban J connectivity index is 1.27. The Morgan fingerprint density at radius 1 is 1.24 bits per heavy atom. The standard InChI is InChI=1S/C21H24N4O3S/c1-15-5-3-6-17(13-15)27-16(2)21(26)25-10-8-24(9-11-25)14-19-22-20(23-28-19)18-7-4-12-29-18/h3-7,12-13,16H,8-11,14H2,1-2H3. The molecule has 0 bridgehead atoms. The van der Waals surface area contributed by atoms with Gasteiger partial charge < -0.3 is 14.2 Å². The highest BCUT2D eigenvalue weighted by Gasteiger charge is 2.27. The second-order valence-electron chi connectivity index (χ2n) is 7.17. The van der Waals surface area contributed by atoms with E-state index in [4.69, 9.17) is 9.26 Å². The van der Waals surface area contributed by atoms with E-state index in [0.717, 1.165) is 29.3 Å². The number of rotatable bonds is 6. The van der Waals surface area contributed by atoms with Gasteiger partial charge in [0.1, 0.15) is 5.75 Å². The number of nitrogens with zero attached hydrogens (tertiary/aromatic N) is 4. The molecule has 1 saturated heterocycles. The number of benzene rings is 1. The van der Waals surface area contributed by atoms with E-state index < -0.39 is 6.10 Å². The zero-order valence-corrected chi connectivity index (χ0v) is 17.4. The van der Waals surface area contributed by atoms with Gasteiger partial charge in [-0.1, -0.05) is 23.4 Å². The summed E-state index contributed by atoms with van der Waals surface area (Å²) in [5.74, 6) is 1.97. The lowest BCUT2D eigenvalue weighted by atomic mass is 10.2. The van der Waals surface area contributed by atoms with E-state index in [2.05, 4.69) is 15.0 Å². The van der Waals surface area contributed by atoms with Crippen LogP contribution in [-0.4, -0.2) is 58.1 Å². The molecule has 0 N–H and O–H groups in total. The Hall–Kier alpha value is -2.71. The summed E-state index contributed by atoms with van der Waals surface area (Å²) in [6, 6.07) is 11.7. The predicted octanol–water partition coefficient (Wildman–Crippen LogP) is 3.22. The van der Waals surface area contributed by atoms with E-state index in [-0.39, 0.29) is 5.91 Å². The largest absolute Gasteiger partial charge is 0.481 e. The van der Waals surface area contributed by atoms with Crippen molar-refractivity contribution in [2.75, 3.05) is 26.2 Å². The molecule has 3 heterocycles. The van der Waals surface area contributed by atoms with Crippen LogP contribution in [0.3, 0.4) is 0 Å². The lowest BCUT2D eigenvalue weighted by Crippen LogP contribution is -2.51. The van der Waals surface area contributed by atoms with Crippen LogP contribution >= 0.6 is 11.3 Å². The number of piperazine rings is 1. The molecule has 4 rings (SSSR count). The fraction of sp³-hybridized carbons (Fsp3) is 0.381. The molecule has 3 aromatic rings. The van der Waals surface area contributed by atoms with Crippen LogP contribution in [0.1, 0.15) is 18.4 Å². The molecule has 152 valence electrons. The quantitative estimate of drug-likeness (QED) is 0.619. The SMILES string of the molecule is Cc1cccc(OC(C)C(=O)N2CCN(Cc3nc(-c4cccs4)no3)CC2)c1. The molecule has 29 heavy (non-hydrogen) atoms. The van der Waals surface area contributed by atoms with Gasteiger partial charge in [-0.05, 0) is 43.0 Å². The Kier molecular flexibility index (Phi) is 5.92. The normalized spacial score (nSPS) is 16.0. The maximum absolute atomic E-state index is 12.7. The Morgan fingerprint density at radius 3 is 2.79 bits per heavy atom. The van der Waals surface area contributed by atoms with Crippen LogP contribution in [-0.2, 0) is 11.3 Å². The lowest BCUT2D eigenvalue weighted by Gasteiger charge is -2.35. The Bertz CT molecular complexity index is 949. The van der Waals surface area contributed by atoms with Crippen molar-refractivity contribution in [2.45, 2.75) is 26.5 Å². The van der Waals surface area contributed by atoms with Crippen LogP contribution in [0.15, 0.2) is 46.3 Å². The van der Waals surface area contributed by atoms with Crippen molar-refractivity contribution in [2.24, 2.45) is 0 Å². The zero-order chi connectivity index (χ0) is 20.2. The molecule has 1 aliphatic heterocycles. The molecule has 1 atom stereocenters. The molecule has 1 amide bonds. The van der Waals surface area contributed by atoms with Crippen LogP contribution in [0.4, 0.5) is 0 Å². The molecule has 7 nitrogen and oxygen atoms in total. The number of hydrogen-bond donors (Lipinski definition) is 0. The predicted molar refractivity (Wildman–Crippen MR) is 111 cm³/mol. The van der Waals surface area contributed by atoms with Crippen molar-refractivity contribution in [1.82, 2.24) is 19.9 Å². The van der Waals surface area contributed by atoms with Crippen molar-refractivity contribution in [3.63, 3.8) is 0 Å². The van der Waals surface area contributed by atoms with E-state index in [1.807, 2.05) is 60.5 Å². The van der Waals surface area contributed by atoms with Crippen LogP contribution in [0, 0.1) is 6.92 Å². The van der Waals surface area contributed by atoms with Crippen LogP contribution < -0.4 is 4.74 Å². The van der Waals surface area contributed by atoms with E-state index in [1.165, 1.54) is 0 Å². The van der Waals surface area contributed by atoms with Crippen LogP contribution in [0.25, 0.3) is 10.7 Å². The first-order valence-electron chi connectivity index (χ1n) is 9.69. The smallest absolute Gasteiger partial charge is 0.263 e. The highest BCUT2D eigenvalue weighted by molar-refractivity contribution is 7.13. The highest BCUT2D eigenvalue weighted by atomic mass is 32.1. The number of amides is 1. The minimum Gasteiger partial charge on any atom is -0.481 e. The fourth-order valence-corrected chi connectivity index (χ4v) is 3.99. The zero-order valence-electron chi connectivity index (χ0n) is 16.6. The Labute approximate surface area is 173 Å². The van der Waals surface area contributed by atoms with Gasteiger partial charge in [-0.2, -0.15) is 4.98 Å². The van der Waals surface area contributed by atoms with E-state index in [0.29, 0.717) is 31.3 Å². The van der Waals surface area contributed by atoms with Gasteiger partial charge in [-0.3, -0.25) is 9.69 Å². The number of carbonyl (C=O) groups is 1. The number of carbonyl (C=O) groups excluding carboxylic acids is 1. The highest BCUT2D eigenvalue weighted by Crippen LogP contribution is 2.22. The number of aryl methyl sites for hydroxylation is 1. The summed E-state index contributed by atoms with van der Waals surface area (Å²) in [6.45, 7) is 7.25. The first kappa shape index (κ1) is 19.6. The number of hydrogen-bond acceptors (Lipinski definition) is 7. The summed E-state index contributed by atoms with van der Waals surface area (Å²) in [5, 5.41) is 6.04. The van der Waals surface area contributed by atoms with Gasteiger partial charge >= 0.3 is 0 Å². The topological polar surface area (TPSA) is 71.7 Å². The third kappa shape index (κ3) is 4.83. The van der Waals surface area contributed by atoms with Gasteiger partial charge in [0, 0.05) is 26.2 Å². The molecule has 1 unspecified atom stereocenters. The first-order valence-corrected chi connectivity index (χ1v) is 10.6. The number of thiophene rings is 1. The van der Waals surface area contributed by atoms with Crippen LogP contribution in [0.5, 0.6) is 5.75 Å². The summed E-state index contributed by atoms with van der Waals surface area (Å²) in [4.78, 5) is 22.3. The maximum Gasteiger partial charge on any atom is 0.263 e. The average Bonchev–Trinajstić information content (AvgIpc) is 3.40. The minimum absolute atomic E-state index is 0.0175. The van der Waals surface area contributed by atoms with Gasteiger partial charge in [0.15, 0.2) is 6.10 Å².